The van der Waals surface area contributed by atoms with Gasteiger partial charge in [0.25, 0.3) is 5.97 Å². The van der Waals surface area contributed by atoms with Gasteiger partial charge >= 0.3 is 9.76 Å². The number of carbonyl (C=O) groups excluding carboxylic acids is 1. The summed E-state index contributed by atoms with van der Waals surface area (Å²) in [6.07, 6.45) is 0.970. The van der Waals surface area contributed by atoms with Crippen molar-refractivity contribution in [3.05, 3.63) is 0 Å². The smallest absolute Gasteiger partial charge is 0.314 e. The van der Waals surface area contributed by atoms with Crippen molar-refractivity contribution in [1.29, 1.82) is 0 Å². The molecule has 0 atom stereocenters. The van der Waals surface area contributed by atoms with Gasteiger partial charge < -0.3 is 9.16 Å². The van der Waals surface area contributed by atoms with Crippen LogP contribution < -0.4 is 0 Å². The minimum absolute atomic E-state index is 0.0145. The van der Waals surface area contributed by atoms with Gasteiger partial charge in [-0.3, -0.25) is 4.79 Å². The molecule has 13 heavy (non-hydrogen) atoms. The van der Waals surface area contributed by atoms with Crippen molar-refractivity contribution in [2.75, 3.05) is 13.2 Å². The number of hydrogen-bond acceptors (Lipinski definition) is 3. The van der Waals surface area contributed by atoms with E-state index >= 15 is 0 Å². The molecule has 0 saturated heterocycles. The van der Waals surface area contributed by atoms with Gasteiger partial charge in [0.1, 0.15) is 0 Å². The van der Waals surface area contributed by atoms with Crippen LogP contribution in [-0.4, -0.2) is 28.9 Å². The van der Waals surface area contributed by atoms with Crippen LogP contribution in [0.15, 0.2) is 0 Å². The third-order valence-electron chi connectivity index (χ3n) is 1.42. The second-order valence-corrected chi connectivity index (χ2v) is 4.01. The van der Waals surface area contributed by atoms with Crippen LogP contribution in [0.1, 0.15) is 27.2 Å². The molecule has 0 rings (SSSR count). The molecule has 0 spiro atoms. The fourth-order valence-corrected chi connectivity index (χ4v) is 1.40. The third-order valence-corrected chi connectivity index (χ3v) is 2.32. The number of ether oxygens (including phenoxy) is 1. The molecule has 0 aliphatic rings. The zero-order chi connectivity index (χ0) is 10.1. The van der Waals surface area contributed by atoms with E-state index < -0.39 is 0 Å². The lowest BCUT2D eigenvalue weighted by molar-refractivity contribution is -0.137. The van der Waals surface area contributed by atoms with E-state index in [4.69, 9.17) is 9.16 Å². The van der Waals surface area contributed by atoms with Crippen LogP contribution in [0, 0.1) is 5.92 Å². The van der Waals surface area contributed by atoms with Gasteiger partial charge in [0.05, 0.1) is 0 Å². The first-order valence-electron chi connectivity index (χ1n) is 4.69. The van der Waals surface area contributed by atoms with Crippen molar-refractivity contribution >= 4 is 15.7 Å². The van der Waals surface area contributed by atoms with E-state index in [1.807, 2.05) is 20.8 Å². The Labute approximate surface area is 82.7 Å². The minimum Gasteiger partial charge on any atom is -0.516 e. The van der Waals surface area contributed by atoms with E-state index in [2.05, 4.69) is 0 Å². The van der Waals surface area contributed by atoms with Crippen molar-refractivity contribution in [3.8, 4) is 0 Å². The lowest BCUT2D eigenvalue weighted by atomic mass is 10.2. The lowest BCUT2D eigenvalue weighted by Gasteiger charge is -2.05. The second kappa shape index (κ2) is 8.25. The fourth-order valence-electron chi connectivity index (χ4n) is 0.631. The predicted octanol–water partition coefficient (Wildman–Crippen LogP) is 1.65. The zero-order valence-corrected chi connectivity index (χ0v) is 9.63. The van der Waals surface area contributed by atoms with Crippen LogP contribution in [0.2, 0.25) is 6.04 Å². The summed E-state index contributed by atoms with van der Waals surface area (Å²) in [7, 11) is 0.287. The first-order valence-corrected chi connectivity index (χ1v) is 5.81. The Morgan fingerprint density at radius 1 is 1.46 bits per heavy atom. The van der Waals surface area contributed by atoms with Crippen molar-refractivity contribution in [2.24, 2.45) is 5.92 Å². The molecule has 3 nitrogen and oxygen atoms in total. The average Bonchev–Trinajstić information content (AvgIpc) is 2.10. The molecule has 0 aromatic rings. The van der Waals surface area contributed by atoms with Gasteiger partial charge in [-0.05, 0) is 19.4 Å². The van der Waals surface area contributed by atoms with E-state index in [-0.39, 0.29) is 21.7 Å². The average molecular weight is 202 g/mol. The van der Waals surface area contributed by atoms with E-state index in [0.717, 1.165) is 25.7 Å². The molecule has 0 bridgehead atoms. The number of hydrogen-bond donors (Lipinski definition) is 0. The predicted molar refractivity (Wildman–Crippen MR) is 52.6 cm³/mol. The van der Waals surface area contributed by atoms with Gasteiger partial charge in [-0.15, -0.1) is 0 Å². The highest BCUT2D eigenvalue weighted by molar-refractivity contribution is 6.30. The standard InChI is InChI=1S/C9H18O3Si/c1-4-11-6-5-7-13-12-9(10)8(2)3/h8H,4-7H2,1-3H3. The Balaban J connectivity index is 3.12. The van der Waals surface area contributed by atoms with Gasteiger partial charge in [-0.1, -0.05) is 13.8 Å². The molecule has 0 aromatic heterocycles. The van der Waals surface area contributed by atoms with Crippen molar-refractivity contribution in [2.45, 2.75) is 33.2 Å². The number of carbonyl (C=O) groups is 1. The Bertz CT molecular complexity index is 137. The molecule has 0 saturated carbocycles. The van der Waals surface area contributed by atoms with Crippen LogP contribution >= 0.6 is 0 Å². The SMILES string of the molecule is CCOCCC[Si]OC(=O)C(C)C. The van der Waals surface area contributed by atoms with Crippen LogP contribution in [0.3, 0.4) is 0 Å². The Kier molecular flexibility index (Phi) is 8.03. The molecule has 0 amide bonds. The van der Waals surface area contributed by atoms with Crippen LogP contribution in [0.25, 0.3) is 0 Å². The molecule has 76 valence electrons. The first-order chi connectivity index (χ1) is 6.18. The largest absolute Gasteiger partial charge is 0.516 e. The summed E-state index contributed by atoms with van der Waals surface area (Å²) in [5, 5.41) is 0. The topological polar surface area (TPSA) is 35.5 Å². The molecule has 0 fully saturated rings. The molecule has 4 heteroatoms. The highest BCUT2D eigenvalue weighted by Crippen LogP contribution is 1.97. The monoisotopic (exact) mass is 202 g/mol. The second-order valence-electron chi connectivity index (χ2n) is 3.02. The van der Waals surface area contributed by atoms with E-state index in [1.165, 1.54) is 0 Å². The minimum atomic E-state index is -0.102. The molecule has 0 unspecified atom stereocenters. The van der Waals surface area contributed by atoms with Gasteiger partial charge in [-0.2, -0.15) is 0 Å². The van der Waals surface area contributed by atoms with Gasteiger partial charge in [0.15, 0.2) is 0 Å². The fraction of sp³-hybridized carbons (Fsp3) is 0.889. The van der Waals surface area contributed by atoms with Gasteiger partial charge in [-0.25, -0.2) is 0 Å². The molecular formula is C9H18O3Si. The summed E-state index contributed by atoms with van der Waals surface area (Å²) in [5.74, 6) is -0.117. The maximum atomic E-state index is 11.0. The van der Waals surface area contributed by atoms with Crippen LogP contribution in [0.4, 0.5) is 0 Å². The summed E-state index contributed by atoms with van der Waals surface area (Å²) in [6, 6.07) is 0.915. The van der Waals surface area contributed by atoms with E-state index in [1.54, 1.807) is 0 Å². The van der Waals surface area contributed by atoms with E-state index in [0.29, 0.717) is 0 Å². The van der Waals surface area contributed by atoms with Crippen molar-refractivity contribution < 1.29 is 14.0 Å². The highest BCUT2D eigenvalue weighted by atomic mass is 28.2. The normalized spacial score (nSPS) is 10.5. The summed E-state index contributed by atoms with van der Waals surface area (Å²) in [6.45, 7) is 7.18. The Hall–Kier alpha value is -0.353. The van der Waals surface area contributed by atoms with E-state index in [9.17, 15) is 4.79 Å². The Morgan fingerprint density at radius 3 is 2.69 bits per heavy atom. The third kappa shape index (κ3) is 7.99. The summed E-state index contributed by atoms with van der Waals surface area (Å²) in [4.78, 5) is 11.0. The maximum absolute atomic E-state index is 11.0. The van der Waals surface area contributed by atoms with Gasteiger partial charge in [0, 0.05) is 19.1 Å². The molecule has 0 aliphatic carbocycles. The number of rotatable bonds is 7. The molecule has 0 aromatic carbocycles. The van der Waals surface area contributed by atoms with Crippen LogP contribution in [0.5, 0.6) is 0 Å². The summed E-state index contributed by atoms with van der Waals surface area (Å²) in [5.41, 5.74) is 0. The van der Waals surface area contributed by atoms with Crippen molar-refractivity contribution in [1.82, 2.24) is 0 Å². The first kappa shape index (κ1) is 12.6. The van der Waals surface area contributed by atoms with Crippen molar-refractivity contribution in [3.63, 3.8) is 0 Å². The van der Waals surface area contributed by atoms with Gasteiger partial charge in [0.2, 0.25) is 0 Å². The maximum Gasteiger partial charge on any atom is 0.314 e. The molecule has 0 heterocycles. The zero-order valence-electron chi connectivity index (χ0n) is 8.63. The lowest BCUT2D eigenvalue weighted by Crippen LogP contribution is -2.14. The Morgan fingerprint density at radius 2 is 2.15 bits per heavy atom. The highest BCUT2D eigenvalue weighted by Gasteiger charge is 2.07. The molecule has 0 aliphatic heterocycles. The molecule has 2 radical (unpaired) electrons. The quantitative estimate of drug-likeness (QED) is 0.465. The van der Waals surface area contributed by atoms with Crippen LogP contribution in [-0.2, 0) is 14.0 Å². The summed E-state index contributed by atoms with van der Waals surface area (Å²) >= 11 is 0. The molecule has 0 N–H and O–H groups in total. The summed E-state index contributed by atoms with van der Waals surface area (Å²) < 4.78 is 10.2. The molecular weight excluding hydrogens is 184 g/mol.